The number of hydrogen-bond acceptors (Lipinski definition) is 3. The van der Waals surface area contributed by atoms with Gasteiger partial charge in [-0.05, 0) is 50.5 Å². The summed E-state index contributed by atoms with van der Waals surface area (Å²) in [4.78, 5) is 26.2. The number of nitrogens with two attached hydrogens (primary N) is 1. The van der Waals surface area contributed by atoms with Crippen LogP contribution >= 0.6 is 0 Å². The number of aryl methyl sites for hydroxylation is 1. The highest BCUT2D eigenvalue weighted by Crippen LogP contribution is 2.26. The van der Waals surface area contributed by atoms with Crippen LogP contribution in [-0.4, -0.2) is 39.1 Å². The van der Waals surface area contributed by atoms with Gasteiger partial charge in [0.05, 0.1) is 11.4 Å². The topological polar surface area (TPSA) is 81.2 Å². The number of nitrogens with zero attached hydrogens (tertiary/aromatic N) is 3. The maximum Gasteiger partial charge on any atom is 0.247 e. The summed E-state index contributed by atoms with van der Waals surface area (Å²) >= 11 is 0. The normalized spacial score (nSPS) is 16.5. The van der Waals surface area contributed by atoms with E-state index in [1.807, 2.05) is 66.3 Å². The number of benzene rings is 2. The van der Waals surface area contributed by atoms with Crippen molar-refractivity contribution in [2.75, 3.05) is 6.54 Å². The van der Waals surface area contributed by atoms with Crippen molar-refractivity contribution in [3.05, 3.63) is 78.0 Å². The molecule has 1 atom stereocenters. The molecule has 2 aromatic carbocycles. The van der Waals surface area contributed by atoms with Crippen LogP contribution in [0.15, 0.2) is 66.9 Å². The number of para-hydroxylation sites is 1. The summed E-state index contributed by atoms with van der Waals surface area (Å²) in [6, 6.07) is 17.4. The maximum absolute atomic E-state index is 12.9. The van der Waals surface area contributed by atoms with Crippen molar-refractivity contribution in [1.29, 1.82) is 0 Å². The van der Waals surface area contributed by atoms with Gasteiger partial charge in [0.1, 0.15) is 6.04 Å². The summed E-state index contributed by atoms with van der Waals surface area (Å²) in [6.07, 6.45) is 7.62. The van der Waals surface area contributed by atoms with Gasteiger partial charge in [0.25, 0.3) is 0 Å². The summed E-state index contributed by atoms with van der Waals surface area (Å²) < 4.78 is 1.81. The smallest absolute Gasteiger partial charge is 0.247 e. The van der Waals surface area contributed by atoms with Gasteiger partial charge >= 0.3 is 0 Å². The Hall–Kier alpha value is -3.67. The van der Waals surface area contributed by atoms with Crippen LogP contribution in [-0.2, 0) is 9.59 Å². The zero-order valence-corrected chi connectivity index (χ0v) is 17.6. The van der Waals surface area contributed by atoms with Crippen LogP contribution in [0.4, 0.5) is 0 Å². The maximum atomic E-state index is 12.9. The van der Waals surface area contributed by atoms with Crippen molar-refractivity contribution in [1.82, 2.24) is 14.7 Å². The van der Waals surface area contributed by atoms with Gasteiger partial charge < -0.3 is 10.6 Å². The molecule has 3 aromatic rings. The zero-order chi connectivity index (χ0) is 21.8. The van der Waals surface area contributed by atoms with Gasteiger partial charge in [0.15, 0.2) is 0 Å². The summed E-state index contributed by atoms with van der Waals surface area (Å²) in [5, 5.41) is 4.79. The predicted octanol–water partition coefficient (Wildman–Crippen LogP) is 3.73. The molecule has 2 amide bonds. The first-order valence-corrected chi connectivity index (χ1v) is 10.5. The van der Waals surface area contributed by atoms with E-state index in [4.69, 9.17) is 10.8 Å². The number of primary amides is 1. The molecule has 0 aliphatic carbocycles. The van der Waals surface area contributed by atoms with Crippen molar-refractivity contribution >= 4 is 17.9 Å². The molecule has 0 spiro atoms. The lowest BCUT2D eigenvalue weighted by atomic mass is 10.0. The van der Waals surface area contributed by atoms with Crippen molar-refractivity contribution in [3.8, 4) is 16.9 Å². The minimum absolute atomic E-state index is 0.203. The number of hydrogen-bond donors (Lipinski definition) is 1. The van der Waals surface area contributed by atoms with Crippen LogP contribution in [0.25, 0.3) is 23.0 Å². The highest BCUT2D eigenvalue weighted by atomic mass is 16.2. The molecule has 2 N–H and O–H groups in total. The second-order valence-corrected chi connectivity index (χ2v) is 7.86. The fourth-order valence-electron chi connectivity index (χ4n) is 3.99. The van der Waals surface area contributed by atoms with Crippen LogP contribution in [0.1, 0.15) is 30.4 Å². The zero-order valence-electron chi connectivity index (χ0n) is 17.6. The van der Waals surface area contributed by atoms with Gasteiger partial charge in [-0.1, -0.05) is 42.0 Å². The summed E-state index contributed by atoms with van der Waals surface area (Å²) in [7, 11) is 0. The number of likely N-dealkylation sites (tertiary alicyclic amines) is 1. The number of carbonyl (C=O) groups excluding carboxylic acids is 2. The highest BCUT2D eigenvalue weighted by Gasteiger charge is 2.29. The molecular formula is C25H26N4O2. The molecule has 1 aliphatic rings. The van der Waals surface area contributed by atoms with Gasteiger partial charge in [-0.2, -0.15) is 5.10 Å². The lowest BCUT2D eigenvalue weighted by Crippen LogP contribution is -2.49. The molecule has 4 rings (SSSR count). The van der Waals surface area contributed by atoms with E-state index < -0.39 is 11.9 Å². The Bertz CT molecular complexity index is 1120. The van der Waals surface area contributed by atoms with E-state index in [9.17, 15) is 9.59 Å². The van der Waals surface area contributed by atoms with E-state index in [1.54, 1.807) is 11.0 Å². The predicted molar refractivity (Wildman–Crippen MR) is 121 cm³/mol. The van der Waals surface area contributed by atoms with Gasteiger partial charge in [-0.25, -0.2) is 4.68 Å². The fraction of sp³-hybridized carbons (Fsp3) is 0.240. The average Bonchev–Trinajstić information content (AvgIpc) is 3.22. The number of piperidine rings is 1. The van der Waals surface area contributed by atoms with E-state index in [2.05, 4.69) is 6.07 Å². The second-order valence-electron chi connectivity index (χ2n) is 7.86. The molecule has 6 heteroatoms. The molecule has 1 aromatic heterocycles. The molecule has 1 saturated heterocycles. The number of amides is 2. The first-order valence-electron chi connectivity index (χ1n) is 10.5. The fourth-order valence-corrected chi connectivity index (χ4v) is 3.99. The molecule has 158 valence electrons. The van der Waals surface area contributed by atoms with E-state index in [0.717, 1.165) is 40.9 Å². The third kappa shape index (κ3) is 4.58. The van der Waals surface area contributed by atoms with Crippen molar-refractivity contribution in [2.45, 2.75) is 32.2 Å². The Morgan fingerprint density at radius 3 is 2.65 bits per heavy atom. The number of aromatic nitrogens is 2. The molecule has 0 radical (unpaired) electrons. The molecular weight excluding hydrogens is 388 g/mol. The summed E-state index contributed by atoms with van der Waals surface area (Å²) in [6.45, 7) is 2.59. The monoisotopic (exact) mass is 414 g/mol. The molecule has 0 bridgehead atoms. The quantitative estimate of drug-likeness (QED) is 0.646. The SMILES string of the molecule is Cc1cccc(-c2nn(-c3ccccc3)cc2/C=C/C(=O)N2CCCCC2C(N)=O)c1. The van der Waals surface area contributed by atoms with Crippen LogP contribution in [0.3, 0.4) is 0 Å². The average molecular weight is 415 g/mol. The molecule has 2 heterocycles. The Morgan fingerprint density at radius 1 is 1.10 bits per heavy atom. The van der Waals surface area contributed by atoms with Crippen molar-refractivity contribution in [2.24, 2.45) is 5.73 Å². The molecule has 31 heavy (non-hydrogen) atoms. The Morgan fingerprint density at radius 2 is 1.90 bits per heavy atom. The van der Waals surface area contributed by atoms with E-state index in [-0.39, 0.29) is 5.91 Å². The lowest BCUT2D eigenvalue weighted by molar-refractivity contribution is -0.137. The van der Waals surface area contributed by atoms with Crippen molar-refractivity contribution in [3.63, 3.8) is 0 Å². The largest absolute Gasteiger partial charge is 0.368 e. The van der Waals surface area contributed by atoms with E-state index >= 15 is 0 Å². The molecule has 1 unspecified atom stereocenters. The summed E-state index contributed by atoms with van der Waals surface area (Å²) in [5.41, 5.74) is 10.2. The first-order chi connectivity index (χ1) is 15.0. The van der Waals surface area contributed by atoms with Gasteiger partial charge in [-0.3, -0.25) is 9.59 Å². The standard InChI is InChI=1S/C25H26N4O2/c1-18-8-7-9-19(16-18)24-20(17-29(27-24)21-10-3-2-4-11-21)13-14-23(30)28-15-6-5-12-22(28)25(26)31/h2-4,7-11,13-14,16-17,22H,5-6,12,15H2,1H3,(H2,26,31)/b14-13+. The third-order valence-electron chi connectivity index (χ3n) is 5.57. The lowest BCUT2D eigenvalue weighted by Gasteiger charge is -2.32. The Labute approximate surface area is 182 Å². The van der Waals surface area contributed by atoms with Gasteiger partial charge in [0, 0.05) is 29.9 Å². The third-order valence-corrected chi connectivity index (χ3v) is 5.57. The van der Waals surface area contributed by atoms with Crippen LogP contribution in [0, 0.1) is 6.92 Å². The molecule has 1 fully saturated rings. The number of rotatable bonds is 5. The summed E-state index contributed by atoms with van der Waals surface area (Å²) in [5.74, 6) is -0.648. The molecule has 1 aliphatic heterocycles. The van der Waals surface area contributed by atoms with Crippen LogP contribution < -0.4 is 5.73 Å². The number of carbonyl (C=O) groups is 2. The second kappa shape index (κ2) is 9.00. The van der Waals surface area contributed by atoms with E-state index in [0.29, 0.717) is 13.0 Å². The minimum atomic E-state index is -0.533. The Balaban J connectivity index is 1.68. The molecule has 6 nitrogen and oxygen atoms in total. The Kier molecular flexibility index (Phi) is 5.98. The molecule has 0 saturated carbocycles. The van der Waals surface area contributed by atoms with E-state index in [1.165, 1.54) is 6.08 Å². The first kappa shape index (κ1) is 20.6. The van der Waals surface area contributed by atoms with Gasteiger partial charge in [-0.15, -0.1) is 0 Å². The van der Waals surface area contributed by atoms with Crippen LogP contribution in [0.5, 0.6) is 0 Å². The minimum Gasteiger partial charge on any atom is -0.368 e. The van der Waals surface area contributed by atoms with Crippen molar-refractivity contribution < 1.29 is 9.59 Å². The highest BCUT2D eigenvalue weighted by molar-refractivity contribution is 5.96. The van der Waals surface area contributed by atoms with Gasteiger partial charge in [0.2, 0.25) is 11.8 Å². The van der Waals surface area contributed by atoms with Crippen LogP contribution in [0.2, 0.25) is 0 Å².